The summed E-state index contributed by atoms with van der Waals surface area (Å²) in [7, 11) is 2.91. The maximum Gasteiger partial charge on any atom is 0.333 e. The molecule has 0 aliphatic heterocycles. The number of likely N-dealkylation sites (N-methyl/N-ethyl adjacent to an activating group) is 1. The van der Waals surface area contributed by atoms with Gasteiger partial charge in [-0.05, 0) is 13.8 Å². The molecule has 0 heterocycles. The number of esters is 1. The van der Waals surface area contributed by atoms with Gasteiger partial charge in [0.2, 0.25) is 5.91 Å². The second-order valence-corrected chi connectivity index (χ2v) is 3.12. The van der Waals surface area contributed by atoms with Gasteiger partial charge in [0.25, 0.3) is 0 Å². The first-order valence-electron chi connectivity index (χ1n) is 4.73. The van der Waals surface area contributed by atoms with Gasteiger partial charge in [-0.3, -0.25) is 4.79 Å². The van der Waals surface area contributed by atoms with Gasteiger partial charge in [-0.15, -0.1) is 0 Å². The molecule has 0 aromatic heterocycles. The fourth-order valence-electron chi connectivity index (χ4n) is 0.942. The van der Waals surface area contributed by atoms with Crippen molar-refractivity contribution in [3.8, 4) is 0 Å². The minimum absolute atomic E-state index is 0.0841. The van der Waals surface area contributed by atoms with Crippen LogP contribution >= 0.6 is 0 Å². The van der Waals surface area contributed by atoms with E-state index in [0.29, 0.717) is 12.1 Å². The summed E-state index contributed by atoms with van der Waals surface area (Å²) in [4.78, 5) is 22.1. The number of methoxy groups -OCH3 is 1. The van der Waals surface area contributed by atoms with E-state index in [9.17, 15) is 9.59 Å². The number of ether oxygens (including phenoxy) is 1. The Morgan fingerprint density at radius 1 is 1.47 bits per heavy atom. The SMILES string of the molecule is CNC(=O)C(C)NC/C=C(/C)C(=O)OC. The molecule has 0 fully saturated rings. The number of amides is 1. The molecule has 2 N–H and O–H groups in total. The van der Waals surface area contributed by atoms with E-state index in [1.165, 1.54) is 7.11 Å². The van der Waals surface area contributed by atoms with Crippen LogP contribution in [0.2, 0.25) is 0 Å². The van der Waals surface area contributed by atoms with Crippen LogP contribution in [0.3, 0.4) is 0 Å². The van der Waals surface area contributed by atoms with Crippen molar-refractivity contribution in [3.63, 3.8) is 0 Å². The maximum atomic E-state index is 11.1. The monoisotopic (exact) mass is 214 g/mol. The van der Waals surface area contributed by atoms with Gasteiger partial charge in [-0.2, -0.15) is 0 Å². The molecule has 5 nitrogen and oxygen atoms in total. The van der Waals surface area contributed by atoms with E-state index in [2.05, 4.69) is 15.4 Å². The van der Waals surface area contributed by atoms with E-state index in [-0.39, 0.29) is 17.9 Å². The van der Waals surface area contributed by atoms with Crippen LogP contribution < -0.4 is 10.6 Å². The minimum Gasteiger partial charge on any atom is -0.466 e. The lowest BCUT2D eigenvalue weighted by Gasteiger charge is -2.10. The van der Waals surface area contributed by atoms with Gasteiger partial charge in [0.05, 0.1) is 13.2 Å². The van der Waals surface area contributed by atoms with Crippen LogP contribution in [0.5, 0.6) is 0 Å². The number of hydrogen-bond acceptors (Lipinski definition) is 4. The fraction of sp³-hybridized carbons (Fsp3) is 0.600. The molecule has 1 amide bonds. The molecule has 0 spiro atoms. The van der Waals surface area contributed by atoms with Gasteiger partial charge >= 0.3 is 5.97 Å². The Morgan fingerprint density at radius 3 is 2.53 bits per heavy atom. The average molecular weight is 214 g/mol. The molecule has 15 heavy (non-hydrogen) atoms. The Bertz CT molecular complexity index is 261. The first kappa shape index (κ1) is 13.6. The van der Waals surface area contributed by atoms with Gasteiger partial charge in [0.15, 0.2) is 0 Å². The number of carbonyl (C=O) groups excluding carboxylic acids is 2. The third-order valence-corrected chi connectivity index (χ3v) is 1.98. The molecule has 0 aromatic rings. The van der Waals surface area contributed by atoms with Crippen LogP contribution in [0.4, 0.5) is 0 Å². The second kappa shape index (κ2) is 7.00. The van der Waals surface area contributed by atoms with Crippen molar-refractivity contribution in [2.45, 2.75) is 19.9 Å². The zero-order valence-corrected chi connectivity index (χ0v) is 9.59. The Hall–Kier alpha value is -1.36. The molecular weight excluding hydrogens is 196 g/mol. The Morgan fingerprint density at radius 2 is 2.07 bits per heavy atom. The summed E-state index contributed by atoms with van der Waals surface area (Å²) in [5, 5.41) is 5.47. The van der Waals surface area contributed by atoms with Crippen LogP contribution in [0.25, 0.3) is 0 Å². The van der Waals surface area contributed by atoms with Gasteiger partial charge in [-0.1, -0.05) is 6.08 Å². The van der Waals surface area contributed by atoms with E-state index in [4.69, 9.17) is 0 Å². The number of carbonyl (C=O) groups is 2. The first-order valence-corrected chi connectivity index (χ1v) is 4.73. The predicted molar refractivity (Wildman–Crippen MR) is 57.3 cm³/mol. The highest BCUT2D eigenvalue weighted by atomic mass is 16.5. The molecule has 0 bridgehead atoms. The molecule has 1 unspecified atom stereocenters. The Balaban J connectivity index is 3.97. The predicted octanol–water partition coefficient (Wildman–Crippen LogP) is -0.170. The van der Waals surface area contributed by atoms with Crippen molar-refractivity contribution >= 4 is 11.9 Å². The summed E-state index contributed by atoms with van der Waals surface area (Å²) in [6.45, 7) is 3.87. The van der Waals surface area contributed by atoms with Gasteiger partial charge in [-0.25, -0.2) is 4.79 Å². The summed E-state index contributed by atoms with van der Waals surface area (Å²) in [5.41, 5.74) is 0.522. The molecule has 0 radical (unpaired) electrons. The molecule has 0 rings (SSSR count). The van der Waals surface area contributed by atoms with Crippen molar-refractivity contribution in [1.29, 1.82) is 0 Å². The Labute approximate surface area is 89.9 Å². The molecule has 0 aliphatic carbocycles. The quantitative estimate of drug-likeness (QED) is 0.492. The van der Waals surface area contributed by atoms with Gasteiger partial charge in [0.1, 0.15) is 0 Å². The van der Waals surface area contributed by atoms with Crippen molar-refractivity contribution in [2.24, 2.45) is 0 Å². The van der Waals surface area contributed by atoms with Crippen LogP contribution in [-0.2, 0) is 14.3 Å². The van der Waals surface area contributed by atoms with Gasteiger partial charge in [0, 0.05) is 19.2 Å². The van der Waals surface area contributed by atoms with Crippen molar-refractivity contribution in [1.82, 2.24) is 10.6 Å². The van der Waals surface area contributed by atoms with E-state index in [1.807, 2.05) is 0 Å². The highest BCUT2D eigenvalue weighted by Crippen LogP contribution is 1.94. The first-order chi connectivity index (χ1) is 7.02. The third-order valence-electron chi connectivity index (χ3n) is 1.98. The number of nitrogens with one attached hydrogen (secondary N) is 2. The topological polar surface area (TPSA) is 67.4 Å². The summed E-state index contributed by atoms with van der Waals surface area (Å²) in [6.07, 6.45) is 1.69. The minimum atomic E-state index is -0.357. The van der Waals surface area contributed by atoms with Crippen LogP contribution in [0.1, 0.15) is 13.8 Å². The van der Waals surface area contributed by atoms with Crippen LogP contribution in [0.15, 0.2) is 11.6 Å². The highest BCUT2D eigenvalue weighted by Gasteiger charge is 2.08. The van der Waals surface area contributed by atoms with Crippen molar-refractivity contribution < 1.29 is 14.3 Å². The average Bonchev–Trinajstić information content (AvgIpc) is 2.26. The van der Waals surface area contributed by atoms with Crippen LogP contribution in [0, 0.1) is 0 Å². The second-order valence-electron chi connectivity index (χ2n) is 3.12. The van der Waals surface area contributed by atoms with E-state index < -0.39 is 0 Å². The van der Waals surface area contributed by atoms with Crippen molar-refractivity contribution in [2.75, 3.05) is 20.7 Å². The molecule has 1 atom stereocenters. The van der Waals surface area contributed by atoms with E-state index in [0.717, 1.165) is 0 Å². The molecule has 0 aromatic carbocycles. The lowest BCUT2D eigenvalue weighted by Crippen LogP contribution is -2.40. The van der Waals surface area contributed by atoms with Crippen LogP contribution in [-0.4, -0.2) is 38.6 Å². The molecule has 86 valence electrons. The molecular formula is C10H18N2O3. The zero-order valence-electron chi connectivity index (χ0n) is 9.59. The molecule has 0 saturated carbocycles. The zero-order chi connectivity index (χ0) is 11.8. The summed E-state index contributed by atoms with van der Waals surface area (Å²) < 4.78 is 4.52. The molecule has 0 aliphatic rings. The number of hydrogen-bond donors (Lipinski definition) is 2. The highest BCUT2D eigenvalue weighted by molar-refractivity contribution is 5.87. The fourth-order valence-corrected chi connectivity index (χ4v) is 0.942. The van der Waals surface area contributed by atoms with E-state index >= 15 is 0 Å². The lowest BCUT2D eigenvalue weighted by molar-refractivity contribution is -0.136. The standard InChI is InChI=1S/C10H18N2O3/c1-7(10(14)15-4)5-6-12-8(2)9(13)11-3/h5,8,12H,6H2,1-4H3,(H,11,13)/b7-5-. The molecule has 5 heteroatoms. The van der Waals surface area contributed by atoms with Gasteiger partial charge < -0.3 is 15.4 Å². The summed E-state index contributed by atoms with van der Waals surface area (Å²) >= 11 is 0. The largest absolute Gasteiger partial charge is 0.466 e. The van der Waals surface area contributed by atoms with Crippen molar-refractivity contribution in [3.05, 3.63) is 11.6 Å². The summed E-state index contributed by atoms with van der Waals surface area (Å²) in [6, 6.07) is -0.281. The Kier molecular flexibility index (Phi) is 6.37. The number of rotatable bonds is 5. The summed E-state index contributed by atoms with van der Waals surface area (Å²) in [5.74, 6) is -0.441. The third kappa shape index (κ3) is 5.17. The normalized spacial score (nSPS) is 13.2. The smallest absolute Gasteiger partial charge is 0.333 e. The maximum absolute atomic E-state index is 11.1. The molecule has 0 saturated heterocycles. The lowest BCUT2D eigenvalue weighted by atomic mass is 10.2. The van der Waals surface area contributed by atoms with E-state index in [1.54, 1.807) is 27.0 Å².